The van der Waals surface area contributed by atoms with E-state index in [1.807, 2.05) is 0 Å². The van der Waals surface area contributed by atoms with E-state index in [9.17, 15) is 0 Å². The highest BCUT2D eigenvalue weighted by Crippen LogP contribution is 2.07. The third-order valence-corrected chi connectivity index (χ3v) is 3.34. The van der Waals surface area contributed by atoms with Gasteiger partial charge in [0, 0.05) is 26.2 Å². The van der Waals surface area contributed by atoms with Gasteiger partial charge in [0.25, 0.3) is 0 Å². The highest BCUT2D eigenvalue weighted by atomic mass is 15.1. The molecule has 1 N–H and O–H groups in total. The Morgan fingerprint density at radius 3 is 2.50 bits per heavy atom. The molecule has 0 aromatic heterocycles. The summed E-state index contributed by atoms with van der Waals surface area (Å²) in [7, 11) is 2.23. The lowest BCUT2D eigenvalue weighted by atomic mass is 10.0. The molecule has 0 amide bonds. The van der Waals surface area contributed by atoms with E-state index >= 15 is 0 Å². The topological polar surface area (TPSA) is 15.3 Å². The van der Waals surface area contributed by atoms with Gasteiger partial charge < -0.3 is 10.2 Å². The summed E-state index contributed by atoms with van der Waals surface area (Å²) < 4.78 is 0. The third-order valence-electron chi connectivity index (χ3n) is 3.34. The van der Waals surface area contributed by atoms with Gasteiger partial charge in [-0.25, -0.2) is 0 Å². The van der Waals surface area contributed by atoms with E-state index in [4.69, 9.17) is 0 Å². The standard InChI is InChI=1S/C14H22N2/c1-12-3-5-13(6-4-12)7-8-16(2)11-14-9-15-10-14/h3-6,14-15H,7-11H2,1-2H3. The number of nitrogens with one attached hydrogen (secondary N) is 1. The molecule has 16 heavy (non-hydrogen) atoms. The van der Waals surface area contributed by atoms with Crippen LogP contribution in [0.4, 0.5) is 0 Å². The Morgan fingerprint density at radius 1 is 1.25 bits per heavy atom. The van der Waals surface area contributed by atoms with Crippen molar-refractivity contribution in [2.45, 2.75) is 13.3 Å². The first-order chi connectivity index (χ1) is 7.74. The molecule has 0 radical (unpaired) electrons. The summed E-state index contributed by atoms with van der Waals surface area (Å²) in [5.74, 6) is 0.878. The van der Waals surface area contributed by atoms with Gasteiger partial charge in [-0.15, -0.1) is 0 Å². The first-order valence-electron chi connectivity index (χ1n) is 6.19. The monoisotopic (exact) mass is 218 g/mol. The number of nitrogens with zero attached hydrogens (tertiary/aromatic N) is 1. The van der Waals surface area contributed by atoms with E-state index in [0.29, 0.717) is 0 Å². The maximum Gasteiger partial charge on any atom is 0.00311 e. The highest BCUT2D eigenvalue weighted by Gasteiger charge is 2.17. The molecule has 88 valence electrons. The van der Waals surface area contributed by atoms with Gasteiger partial charge in [0.2, 0.25) is 0 Å². The van der Waals surface area contributed by atoms with E-state index in [1.54, 1.807) is 0 Å². The molecule has 1 aromatic rings. The first-order valence-corrected chi connectivity index (χ1v) is 6.19. The minimum Gasteiger partial charge on any atom is -0.316 e. The second-order valence-electron chi connectivity index (χ2n) is 5.02. The lowest BCUT2D eigenvalue weighted by molar-refractivity contribution is 0.226. The van der Waals surface area contributed by atoms with Crippen LogP contribution in [0.3, 0.4) is 0 Å². The van der Waals surface area contributed by atoms with Gasteiger partial charge in [0.05, 0.1) is 0 Å². The van der Waals surface area contributed by atoms with E-state index < -0.39 is 0 Å². The molecule has 0 atom stereocenters. The molecule has 1 aromatic carbocycles. The van der Waals surface area contributed by atoms with E-state index in [-0.39, 0.29) is 0 Å². The van der Waals surface area contributed by atoms with Gasteiger partial charge >= 0.3 is 0 Å². The van der Waals surface area contributed by atoms with Gasteiger partial charge in [-0.05, 0) is 31.9 Å². The number of rotatable bonds is 5. The van der Waals surface area contributed by atoms with Gasteiger partial charge in [-0.2, -0.15) is 0 Å². The maximum atomic E-state index is 3.32. The SMILES string of the molecule is Cc1ccc(CCN(C)CC2CNC2)cc1. The number of hydrogen-bond donors (Lipinski definition) is 1. The number of aryl methyl sites for hydroxylation is 1. The summed E-state index contributed by atoms with van der Waals surface area (Å²) in [6.45, 7) is 6.95. The molecular weight excluding hydrogens is 196 g/mol. The molecule has 0 saturated carbocycles. The molecular formula is C14H22N2. The fraction of sp³-hybridized carbons (Fsp3) is 0.571. The molecule has 0 aliphatic carbocycles. The Kier molecular flexibility index (Phi) is 3.97. The van der Waals surface area contributed by atoms with Gasteiger partial charge in [-0.3, -0.25) is 0 Å². The Bertz CT molecular complexity index is 314. The summed E-state index contributed by atoms with van der Waals surface area (Å²) >= 11 is 0. The van der Waals surface area contributed by atoms with Crippen LogP contribution >= 0.6 is 0 Å². The zero-order valence-electron chi connectivity index (χ0n) is 10.4. The van der Waals surface area contributed by atoms with Crippen molar-refractivity contribution in [3.05, 3.63) is 35.4 Å². The van der Waals surface area contributed by atoms with Crippen LogP contribution in [0.25, 0.3) is 0 Å². The average Bonchev–Trinajstić information content (AvgIpc) is 2.23. The maximum absolute atomic E-state index is 3.32. The van der Waals surface area contributed by atoms with Crippen molar-refractivity contribution in [2.75, 3.05) is 33.2 Å². The van der Waals surface area contributed by atoms with Crippen LogP contribution in [0.1, 0.15) is 11.1 Å². The van der Waals surface area contributed by atoms with Crippen molar-refractivity contribution in [3.8, 4) is 0 Å². The van der Waals surface area contributed by atoms with Crippen LogP contribution < -0.4 is 5.32 Å². The fourth-order valence-electron chi connectivity index (χ4n) is 2.08. The van der Waals surface area contributed by atoms with E-state index in [0.717, 1.165) is 12.3 Å². The van der Waals surface area contributed by atoms with Crippen LogP contribution in [0.15, 0.2) is 24.3 Å². The largest absolute Gasteiger partial charge is 0.316 e. The summed E-state index contributed by atoms with van der Waals surface area (Å²) in [6.07, 6.45) is 1.16. The quantitative estimate of drug-likeness (QED) is 0.809. The Morgan fingerprint density at radius 2 is 1.94 bits per heavy atom. The van der Waals surface area contributed by atoms with Gasteiger partial charge in [0.1, 0.15) is 0 Å². The molecule has 0 spiro atoms. The molecule has 1 fully saturated rings. The Labute approximate surface area is 98.7 Å². The Hall–Kier alpha value is -0.860. The van der Waals surface area contributed by atoms with Crippen LogP contribution in [-0.4, -0.2) is 38.1 Å². The molecule has 2 heteroatoms. The number of likely N-dealkylation sites (N-methyl/N-ethyl adjacent to an activating group) is 1. The average molecular weight is 218 g/mol. The van der Waals surface area contributed by atoms with Gasteiger partial charge in [-0.1, -0.05) is 29.8 Å². The molecule has 1 aliphatic heterocycles. The molecule has 1 aliphatic rings. The molecule has 1 saturated heterocycles. The van der Waals surface area contributed by atoms with Crippen LogP contribution in [-0.2, 0) is 6.42 Å². The van der Waals surface area contributed by atoms with Crippen molar-refractivity contribution < 1.29 is 0 Å². The molecule has 0 unspecified atom stereocenters. The smallest absolute Gasteiger partial charge is 0.00311 e. The van der Waals surface area contributed by atoms with Crippen molar-refractivity contribution >= 4 is 0 Å². The minimum absolute atomic E-state index is 0.878. The first kappa shape index (κ1) is 11.6. The summed E-state index contributed by atoms with van der Waals surface area (Å²) in [5, 5.41) is 3.32. The summed E-state index contributed by atoms with van der Waals surface area (Å²) in [6, 6.07) is 8.89. The second kappa shape index (κ2) is 5.46. The van der Waals surface area contributed by atoms with Gasteiger partial charge in [0.15, 0.2) is 0 Å². The third kappa shape index (κ3) is 3.32. The molecule has 0 bridgehead atoms. The number of benzene rings is 1. The van der Waals surface area contributed by atoms with Crippen LogP contribution in [0.5, 0.6) is 0 Å². The number of hydrogen-bond acceptors (Lipinski definition) is 2. The van der Waals surface area contributed by atoms with Crippen LogP contribution in [0.2, 0.25) is 0 Å². The van der Waals surface area contributed by atoms with E-state index in [1.165, 1.54) is 37.3 Å². The normalized spacial score (nSPS) is 16.4. The van der Waals surface area contributed by atoms with E-state index in [2.05, 4.69) is 48.5 Å². The predicted octanol–water partition coefficient (Wildman–Crippen LogP) is 1.69. The lowest BCUT2D eigenvalue weighted by Gasteiger charge is -2.31. The molecule has 1 heterocycles. The van der Waals surface area contributed by atoms with Crippen molar-refractivity contribution in [3.63, 3.8) is 0 Å². The zero-order valence-corrected chi connectivity index (χ0v) is 10.4. The molecule has 2 nitrogen and oxygen atoms in total. The van der Waals surface area contributed by atoms with Crippen molar-refractivity contribution in [2.24, 2.45) is 5.92 Å². The highest BCUT2D eigenvalue weighted by molar-refractivity contribution is 5.21. The van der Waals surface area contributed by atoms with Crippen LogP contribution in [0, 0.1) is 12.8 Å². The lowest BCUT2D eigenvalue weighted by Crippen LogP contribution is -2.47. The summed E-state index contributed by atoms with van der Waals surface area (Å²) in [5.41, 5.74) is 2.79. The minimum atomic E-state index is 0.878. The predicted molar refractivity (Wildman–Crippen MR) is 68.7 cm³/mol. The second-order valence-corrected chi connectivity index (χ2v) is 5.02. The fourth-order valence-corrected chi connectivity index (χ4v) is 2.08. The Balaban J connectivity index is 1.71. The summed E-state index contributed by atoms with van der Waals surface area (Å²) in [4.78, 5) is 2.45. The van der Waals surface area contributed by atoms with Crippen molar-refractivity contribution in [1.29, 1.82) is 0 Å². The zero-order chi connectivity index (χ0) is 11.4. The van der Waals surface area contributed by atoms with Crippen molar-refractivity contribution in [1.82, 2.24) is 10.2 Å². The molecule has 2 rings (SSSR count).